The summed E-state index contributed by atoms with van der Waals surface area (Å²) in [5.41, 5.74) is 3.03. The first-order valence-corrected chi connectivity index (χ1v) is 7.07. The van der Waals surface area contributed by atoms with Gasteiger partial charge in [0, 0.05) is 0 Å². The molecule has 0 aliphatic heterocycles. The molecule has 0 amide bonds. The lowest BCUT2D eigenvalue weighted by Gasteiger charge is -2.14. The SMILES string of the molecule is CC(C)Cc1cccc2cccc(CC(C)C)c12. The molecule has 0 heteroatoms. The second kappa shape index (κ2) is 5.56. The molecule has 0 heterocycles. The Kier molecular flexibility index (Phi) is 4.06. The molecule has 0 unspecified atom stereocenters. The molecule has 2 aromatic carbocycles. The normalized spacial score (nSPS) is 11.7. The molecule has 0 fully saturated rings. The maximum atomic E-state index is 2.30. The van der Waals surface area contributed by atoms with Gasteiger partial charge in [0.05, 0.1) is 0 Å². The van der Waals surface area contributed by atoms with Crippen molar-refractivity contribution in [2.75, 3.05) is 0 Å². The van der Waals surface area contributed by atoms with E-state index in [0.717, 1.165) is 0 Å². The van der Waals surface area contributed by atoms with Gasteiger partial charge in [-0.3, -0.25) is 0 Å². The van der Waals surface area contributed by atoms with Crippen LogP contribution in [0.25, 0.3) is 10.8 Å². The highest BCUT2D eigenvalue weighted by molar-refractivity contribution is 5.89. The first-order chi connectivity index (χ1) is 8.58. The molecule has 2 aromatic rings. The van der Waals surface area contributed by atoms with Crippen LogP contribution < -0.4 is 0 Å². The van der Waals surface area contributed by atoms with E-state index in [2.05, 4.69) is 64.1 Å². The quantitative estimate of drug-likeness (QED) is 0.686. The summed E-state index contributed by atoms with van der Waals surface area (Å²) in [5.74, 6) is 1.42. The largest absolute Gasteiger partial charge is 0.0625 e. The summed E-state index contributed by atoms with van der Waals surface area (Å²) in [6, 6.07) is 13.5. The first kappa shape index (κ1) is 13.1. The van der Waals surface area contributed by atoms with Crippen molar-refractivity contribution in [3.8, 4) is 0 Å². The van der Waals surface area contributed by atoms with Crippen molar-refractivity contribution in [2.24, 2.45) is 11.8 Å². The van der Waals surface area contributed by atoms with E-state index < -0.39 is 0 Å². The topological polar surface area (TPSA) is 0 Å². The van der Waals surface area contributed by atoms with Crippen molar-refractivity contribution in [2.45, 2.75) is 40.5 Å². The summed E-state index contributed by atoms with van der Waals surface area (Å²) in [5, 5.41) is 2.90. The van der Waals surface area contributed by atoms with Gasteiger partial charge in [-0.1, -0.05) is 64.1 Å². The molecule has 0 bridgehead atoms. The Bertz CT molecular complexity index is 476. The number of rotatable bonds is 4. The van der Waals surface area contributed by atoms with Gasteiger partial charge in [-0.05, 0) is 46.6 Å². The van der Waals surface area contributed by atoms with Crippen molar-refractivity contribution in [3.63, 3.8) is 0 Å². The predicted octanol–water partition coefficient (Wildman–Crippen LogP) is 5.24. The van der Waals surface area contributed by atoms with Gasteiger partial charge in [0.25, 0.3) is 0 Å². The van der Waals surface area contributed by atoms with E-state index in [0.29, 0.717) is 11.8 Å². The Labute approximate surface area is 111 Å². The lowest BCUT2D eigenvalue weighted by Crippen LogP contribution is -2.00. The van der Waals surface area contributed by atoms with Gasteiger partial charge in [-0.25, -0.2) is 0 Å². The highest BCUT2D eigenvalue weighted by Crippen LogP contribution is 2.26. The van der Waals surface area contributed by atoms with E-state index in [9.17, 15) is 0 Å². The Balaban J connectivity index is 2.56. The number of benzene rings is 2. The number of hydrogen-bond acceptors (Lipinski definition) is 0. The predicted molar refractivity (Wildman–Crippen MR) is 81.0 cm³/mol. The highest BCUT2D eigenvalue weighted by atomic mass is 14.1. The molecule has 0 spiro atoms. The Morgan fingerprint density at radius 1 is 0.722 bits per heavy atom. The lowest BCUT2D eigenvalue weighted by atomic mass is 9.90. The van der Waals surface area contributed by atoms with Gasteiger partial charge in [0.2, 0.25) is 0 Å². The Morgan fingerprint density at radius 3 is 1.56 bits per heavy atom. The molecule has 0 aliphatic rings. The van der Waals surface area contributed by atoms with E-state index in [1.165, 1.54) is 34.7 Å². The molecule has 2 rings (SSSR count). The summed E-state index contributed by atoms with van der Waals surface area (Å²) in [6.45, 7) is 9.18. The van der Waals surface area contributed by atoms with E-state index >= 15 is 0 Å². The van der Waals surface area contributed by atoms with Crippen LogP contribution in [0.2, 0.25) is 0 Å². The van der Waals surface area contributed by atoms with Crippen molar-refractivity contribution in [1.29, 1.82) is 0 Å². The molecular weight excluding hydrogens is 216 g/mol. The van der Waals surface area contributed by atoms with Gasteiger partial charge in [-0.15, -0.1) is 0 Å². The van der Waals surface area contributed by atoms with Crippen molar-refractivity contribution < 1.29 is 0 Å². The molecule has 0 saturated heterocycles. The summed E-state index contributed by atoms with van der Waals surface area (Å²) in [6.07, 6.45) is 2.35. The van der Waals surface area contributed by atoms with Crippen molar-refractivity contribution >= 4 is 10.8 Å². The van der Waals surface area contributed by atoms with E-state index in [1.807, 2.05) is 0 Å². The van der Waals surface area contributed by atoms with Crippen LogP contribution in [0, 0.1) is 11.8 Å². The van der Waals surface area contributed by atoms with E-state index in [1.54, 1.807) is 0 Å². The van der Waals surface area contributed by atoms with Crippen LogP contribution in [0.1, 0.15) is 38.8 Å². The van der Waals surface area contributed by atoms with Crippen LogP contribution in [0.3, 0.4) is 0 Å². The van der Waals surface area contributed by atoms with Crippen LogP contribution in [0.4, 0.5) is 0 Å². The third kappa shape index (κ3) is 2.93. The van der Waals surface area contributed by atoms with Crippen molar-refractivity contribution in [1.82, 2.24) is 0 Å². The summed E-state index contributed by atoms with van der Waals surface area (Å²) in [7, 11) is 0. The molecule has 96 valence electrons. The molecule has 0 nitrogen and oxygen atoms in total. The molecule has 0 aromatic heterocycles. The average molecular weight is 240 g/mol. The van der Waals surface area contributed by atoms with Crippen LogP contribution in [-0.2, 0) is 12.8 Å². The van der Waals surface area contributed by atoms with E-state index in [-0.39, 0.29) is 0 Å². The molecule has 0 aliphatic carbocycles. The van der Waals surface area contributed by atoms with Gasteiger partial charge in [0.15, 0.2) is 0 Å². The smallest absolute Gasteiger partial charge is 0.0120 e. The minimum absolute atomic E-state index is 0.711. The molecule has 0 saturated carbocycles. The van der Waals surface area contributed by atoms with Gasteiger partial charge in [-0.2, -0.15) is 0 Å². The zero-order chi connectivity index (χ0) is 13.1. The molecule has 0 atom stereocenters. The maximum Gasteiger partial charge on any atom is -0.0120 e. The third-order valence-corrected chi connectivity index (χ3v) is 3.33. The molecule has 18 heavy (non-hydrogen) atoms. The van der Waals surface area contributed by atoms with Crippen LogP contribution in [-0.4, -0.2) is 0 Å². The Hall–Kier alpha value is -1.30. The fourth-order valence-electron chi connectivity index (χ4n) is 2.72. The van der Waals surface area contributed by atoms with Gasteiger partial charge in [0.1, 0.15) is 0 Å². The summed E-state index contributed by atoms with van der Waals surface area (Å²) >= 11 is 0. The summed E-state index contributed by atoms with van der Waals surface area (Å²) < 4.78 is 0. The second-order valence-electron chi connectivity index (χ2n) is 6.13. The maximum absolute atomic E-state index is 2.30. The number of hydrogen-bond donors (Lipinski definition) is 0. The molecular formula is C18H24. The first-order valence-electron chi connectivity index (χ1n) is 7.07. The minimum atomic E-state index is 0.711. The summed E-state index contributed by atoms with van der Waals surface area (Å²) in [4.78, 5) is 0. The minimum Gasteiger partial charge on any atom is -0.0625 e. The molecule has 0 radical (unpaired) electrons. The standard InChI is InChI=1S/C18H24/c1-13(2)11-16-9-5-7-15-8-6-10-17(18(15)16)12-14(3)4/h5-10,13-14H,11-12H2,1-4H3. The van der Waals surface area contributed by atoms with Crippen molar-refractivity contribution in [3.05, 3.63) is 47.5 Å². The van der Waals surface area contributed by atoms with Crippen LogP contribution >= 0.6 is 0 Å². The monoisotopic (exact) mass is 240 g/mol. The second-order valence-corrected chi connectivity index (χ2v) is 6.13. The van der Waals surface area contributed by atoms with Crippen LogP contribution in [0.5, 0.6) is 0 Å². The third-order valence-electron chi connectivity index (χ3n) is 3.33. The zero-order valence-electron chi connectivity index (χ0n) is 12.0. The fourth-order valence-corrected chi connectivity index (χ4v) is 2.72. The fraction of sp³-hybridized carbons (Fsp3) is 0.444. The van der Waals surface area contributed by atoms with Crippen LogP contribution in [0.15, 0.2) is 36.4 Å². The van der Waals surface area contributed by atoms with Gasteiger partial charge < -0.3 is 0 Å². The van der Waals surface area contributed by atoms with E-state index in [4.69, 9.17) is 0 Å². The Morgan fingerprint density at radius 2 is 1.17 bits per heavy atom. The van der Waals surface area contributed by atoms with Gasteiger partial charge >= 0.3 is 0 Å². The average Bonchev–Trinajstić information content (AvgIpc) is 2.27. The zero-order valence-corrected chi connectivity index (χ0v) is 12.0. The molecule has 0 N–H and O–H groups in total. The highest BCUT2D eigenvalue weighted by Gasteiger charge is 2.08. The number of fused-ring (bicyclic) bond motifs is 1. The lowest BCUT2D eigenvalue weighted by molar-refractivity contribution is 0.642.